The Kier molecular flexibility index (Phi) is 8.02. The van der Waals surface area contributed by atoms with Crippen LogP contribution in [0.25, 0.3) is 0 Å². The fourth-order valence-electron chi connectivity index (χ4n) is 0.335. The van der Waals surface area contributed by atoms with Crippen LogP contribution in [0.2, 0.25) is 0 Å². The molecule has 0 atom stereocenters. The first-order chi connectivity index (χ1) is 5.63. The van der Waals surface area contributed by atoms with E-state index in [2.05, 4.69) is 9.05 Å². The number of hydrogen-bond acceptors (Lipinski definition) is 2. The third-order valence-corrected chi connectivity index (χ3v) is 1.39. The molecule has 0 bridgehead atoms. The summed E-state index contributed by atoms with van der Waals surface area (Å²) in [5, 5.41) is 0. The van der Waals surface area contributed by atoms with Gasteiger partial charge >= 0.3 is 17.5 Å². The second-order valence-electron chi connectivity index (χ2n) is 1.47. The number of rotatable bonds is 6. The van der Waals surface area contributed by atoms with E-state index in [1.807, 2.05) is 0 Å². The molecule has 0 aliphatic carbocycles. The highest BCUT2D eigenvalue weighted by Gasteiger charge is 2.02. The van der Waals surface area contributed by atoms with Crippen molar-refractivity contribution in [3.63, 3.8) is 0 Å². The van der Waals surface area contributed by atoms with Gasteiger partial charge in [-0.15, -0.1) is 0 Å². The smallest absolute Gasteiger partial charge is 0.302 e. The molecule has 8 heteroatoms. The molecule has 72 valence electrons. The van der Waals surface area contributed by atoms with Crippen molar-refractivity contribution in [2.24, 2.45) is 0 Å². The fraction of sp³-hybridized carbons (Fsp3) is 0.500. The van der Waals surface area contributed by atoms with E-state index in [1.54, 1.807) is 0 Å². The molecule has 0 N–H and O–H groups in total. The average Bonchev–Trinajstić information content (AvgIpc) is 1.95. The van der Waals surface area contributed by atoms with Gasteiger partial charge in [0.25, 0.3) is 0 Å². The average molecular weight is 224 g/mol. The van der Waals surface area contributed by atoms with E-state index in [1.165, 1.54) is 12.2 Å². The summed E-state index contributed by atoms with van der Waals surface area (Å²) >= 11 is 0. The summed E-state index contributed by atoms with van der Waals surface area (Å²) in [4.78, 5) is 0. The van der Waals surface area contributed by atoms with Gasteiger partial charge < -0.3 is 9.05 Å². The molecule has 0 aliphatic rings. The molecule has 0 rings (SSSR count). The lowest BCUT2D eigenvalue weighted by Gasteiger charge is -1.95. The van der Waals surface area contributed by atoms with E-state index in [-0.39, 0.29) is 13.2 Å². The van der Waals surface area contributed by atoms with E-state index in [9.17, 15) is 16.8 Å². The molecule has 0 amide bonds. The van der Waals surface area contributed by atoms with Gasteiger partial charge in [0.2, 0.25) is 0 Å². The first-order valence-electron chi connectivity index (χ1n) is 2.77. The van der Waals surface area contributed by atoms with Crippen molar-refractivity contribution in [1.29, 1.82) is 0 Å². The standard InChI is InChI=1S/C4H6F4O2P2/c5-11(6)9-3-1-2-4-10-12(7)8/h1-2H,3-4H2/b2-1+. The quantitative estimate of drug-likeness (QED) is 0.387. The summed E-state index contributed by atoms with van der Waals surface area (Å²) in [7, 11) is -6.74. The lowest BCUT2D eigenvalue weighted by atomic mass is 10.5. The SMILES string of the molecule is FP(F)OC/C=C/COP(F)F. The molecule has 2 nitrogen and oxygen atoms in total. The predicted molar refractivity (Wildman–Crippen MR) is 39.3 cm³/mol. The Labute approximate surface area is 69.7 Å². The highest BCUT2D eigenvalue weighted by atomic mass is 31.2. The van der Waals surface area contributed by atoms with Gasteiger partial charge in [-0.1, -0.05) is 12.2 Å². The summed E-state index contributed by atoms with van der Waals surface area (Å²) < 4.78 is 53.0. The molecular weight excluding hydrogens is 218 g/mol. The van der Waals surface area contributed by atoms with Gasteiger partial charge in [0.15, 0.2) is 0 Å². The van der Waals surface area contributed by atoms with Crippen LogP contribution in [0.15, 0.2) is 12.2 Å². The van der Waals surface area contributed by atoms with Crippen LogP contribution in [-0.4, -0.2) is 13.2 Å². The molecule has 0 spiro atoms. The maximum absolute atomic E-state index is 11.3. The zero-order chi connectivity index (χ0) is 9.40. The normalized spacial score (nSPS) is 12.2. The Hall–Kier alpha value is 0.240. The first-order valence-corrected chi connectivity index (χ1v) is 4.85. The van der Waals surface area contributed by atoms with Gasteiger partial charge in [0.05, 0.1) is 13.2 Å². The maximum Gasteiger partial charge on any atom is 0.415 e. The van der Waals surface area contributed by atoms with Gasteiger partial charge in [-0.2, -0.15) is 16.8 Å². The molecule has 0 unspecified atom stereocenters. The fourth-order valence-corrected chi connectivity index (χ4v) is 0.732. The van der Waals surface area contributed by atoms with Crippen molar-refractivity contribution in [3.05, 3.63) is 12.2 Å². The lowest BCUT2D eigenvalue weighted by Crippen LogP contribution is -1.82. The van der Waals surface area contributed by atoms with Crippen molar-refractivity contribution in [1.82, 2.24) is 0 Å². The zero-order valence-electron chi connectivity index (χ0n) is 5.79. The van der Waals surface area contributed by atoms with Gasteiger partial charge in [-0.3, -0.25) is 0 Å². The van der Waals surface area contributed by atoms with E-state index < -0.39 is 17.5 Å². The molecule has 0 aromatic carbocycles. The van der Waals surface area contributed by atoms with Gasteiger partial charge in [0, 0.05) is 0 Å². The van der Waals surface area contributed by atoms with Crippen LogP contribution in [0.3, 0.4) is 0 Å². The summed E-state index contributed by atoms with van der Waals surface area (Å²) in [5.41, 5.74) is 0. The van der Waals surface area contributed by atoms with Crippen LogP contribution < -0.4 is 0 Å². The van der Waals surface area contributed by atoms with Crippen molar-refractivity contribution in [2.75, 3.05) is 13.2 Å². The van der Waals surface area contributed by atoms with E-state index >= 15 is 0 Å². The monoisotopic (exact) mass is 224 g/mol. The number of hydrogen-bond donors (Lipinski definition) is 0. The molecule has 0 heterocycles. The third-order valence-electron chi connectivity index (χ3n) is 0.703. The minimum absolute atomic E-state index is 0.279. The van der Waals surface area contributed by atoms with E-state index in [4.69, 9.17) is 0 Å². The largest absolute Gasteiger partial charge is 0.415 e. The van der Waals surface area contributed by atoms with Crippen LogP contribution >= 0.6 is 17.5 Å². The summed E-state index contributed by atoms with van der Waals surface area (Å²) in [6.45, 7) is -0.558. The van der Waals surface area contributed by atoms with Crippen LogP contribution in [0.1, 0.15) is 0 Å². The minimum Gasteiger partial charge on any atom is -0.302 e. The molecule has 0 fully saturated rings. The van der Waals surface area contributed by atoms with Crippen molar-refractivity contribution >= 4 is 17.5 Å². The van der Waals surface area contributed by atoms with Crippen LogP contribution in [0, 0.1) is 0 Å². The highest BCUT2D eigenvalue weighted by molar-refractivity contribution is 7.40. The predicted octanol–water partition coefficient (Wildman–Crippen LogP) is 3.91. The van der Waals surface area contributed by atoms with Crippen LogP contribution in [0.4, 0.5) is 16.8 Å². The third kappa shape index (κ3) is 10.2. The lowest BCUT2D eigenvalue weighted by molar-refractivity contribution is 0.337. The second kappa shape index (κ2) is 7.87. The molecule has 0 aromatic heterocycles. The molecule has 0 aromatic rings. The molecule has 0 saturated heterocycles. The van der Waals surface area contributed by atoms with Crippen molar-refractivity contribution in [3.8, 4) is 0 Å². The van der Waals surface area contributed by atoms with Crippen molar-refractivity contribution < 1.29 is 25.8 Å². The first kappa shape index (κ1) is 12.2. The Morgan fingerprint density at radius 2 is 1.17 bits per heavy atom. The molecule has 0 radical (unpaired) electrons. The summed E-state index contributed by atoms with van der Waals surface area (Å²) in [6.07, 6.45) is 2.40. The second-order valence-corrected chi connectivity index (χ2v) is 2.79. The maximum atomic E-state index is 11.3. The van der Waals surface area contributed by atoms with Crippen LogP contribution in [-0.2, 0) is 9.05 Å². The minimum atomic E-state index is -3.37. The molecule has 0 saturated carbocycles. The molecular formula is C4H6F4O2P2. The zero-order valence-corrected chi connectivity index (χ0v) is 7.58. The Morgan fingerprint density at radius 1 is 0.833 bits per heavy atom. The molecule has 12 heavy (non-hydrogen) atoms. The van der Waals surface area contributed by atoms with E-state index in [0.29, 0.717) is 0 Å². The Bertz CT molecular complexity index is 118. The van der Waals surface area contributed by atoms with Gasteiger partial charge in [-0.25, -0.2) is 0 Å². The van der Waals surface area contributed by atoms with Crippen LogP contribution in [0.5, 0.6) is 0 Å². The topological polar surface area (TPSA) is 18.5 Å². The molecule has 0 aliphatic heterocycles. The summed E-state index contributed by atoms with van der Waals surface area (Å²) in [6, 6.07) is 0. The highest BCUT2D eigenvalue weighted by Crippen LogP contribution is 2.40. The van der Waals surface area contributed by atoms with E-state index in [0.717, 1.165) is 0 Å². The van der Waals surface area contributed by atoms with Crippen molar-refractivity contribution in [2.45, 2.75) is 0 Å². The Morgan fingerprint density at radius 3 is 1.42 bits per heavy atom. The summed E-state index contributed by atoms with van der Waals surface area (Å²) in [5.74, 6) is 0. The Balaban J connectivity index is 3.15. The number of halogens is 4. The van der Waals surface area contributed by atoms with Gasteiger partial charge in [-0.05, 0) is 0 Å². The van der Waals surface area contributed by atoms with Gasteiger partial charge in [0.1, 0.15) is 0 Å².